The fourth-order valence-electron chi connectivity index (χ4n) is 3.19. The van der Waals surface area contributed by atoms with Gasteiger partial charge in [-0.2, -0.15) is 0 Å². The second-order valence-corrected chi connectivity index (χ2v) is 7.29. The molecule has 3 heterocycles. The highest BCUT2D eigenvalue weighted by molar-refractivity contribution is 6.30. The van der Waals surface area contributed by atoms with Crippen LogP contribution in [0.25, 0.3) is 11.4 Å². The average Bonchev–Trinajstić information content (AvgIpc) is 2.53. The minimum absolute atomic E-state index is 0.310. The Morgan fingerprint density at radius 2 is 2.12 bits per heavy atom. The molecule has 24 heavy (non-hydrogen) atoms. The number of carbonyl (C=O) groups is 1. The molecule has 0 saturated carbocycles. The highest BCUT2D eigenvalue weighted by Gasteiger charge is 2.41. The summed E-state index contributed by atoms with van der Waals surface area (Å²) in [6.07, 6.45) is 2.94. The first-order valence-electron chi connectivity index (χ1n) is 7.75. The van der Waals surface area contributed by atoms with Gasteiger partial charge in [0.15, 0.2) is 5.82 Å². The predicted molar refractivity (Wildman–Crippen MR) is 90.9 cm³/mol. The Balaban J connectivity index is 2.15. The van der Waals surface area contributed by atoms with Gasteiger partial charge in [0.05, 0.1) is 11.7 Å². The van der Waals surface area contributed by atoms with Gasteiger partial charge in [0, 0.05) is 36.5 Å². The maximum absolute atomic E-state index is 11.7. The van der Waals surface area contributed by atoms with Gasteiger partial charge in [0.2, 0.25) is 0 Å². The lowest BCUT2D eigenvalue weighted by atomic mass is 9.79. The number of rotatable bonds is 1. The minimum Gasteiger partial charge on any atom is -0.465 e. The largest absolute Gasteiger partial charge is 0.465 e. The molecule has 0 radical (unpaired) electrons. The van der Waals surface area contributed by atoms with Crippen molar-refractivity contribution in [3.8, 4) is 11.4 Å². The first kappa shape index (κ1) is 16.6. The van der Waals surface area contributed by atoms with Crippen LogP contribution in [0.1, 0.15) is 38.1 Å². The number of halogens is 1. The van der Waals surface area contributed by atoms with E-state index in [2.05, 4.69) is 15.0 Å². The van der Waals surface area contributed by atoms with Crippen molar-refractivity contribution in [2.45, 2.75) is 33.2 Å². The fourth-order valence-corrected chi connectivity index (χ4v) is 3.48. The van der Waals surface area contributed by atoms with Gasteiger partial charge in [0.1, 0.15) is 5.15 Å². The van der Waals surface area contributed by atoms with Crippen LogP contribution in [-0.2, 0) is 6.42 Å². The van der Waals surface area contributed by atoms with Crippen LogP contribution in [0, 0.1) is 5.41 Å². The Kier molecular flexibility index (Phi) is 4.17. The van der Waals surface area contributed by atoms with Crippen LogP contribution in [0.15, 0.2) is 24.5 Å². The summed E-state index contributed by atoms with van der Waals surface area (Å²) in [5.41, 5.74) is 1.99. The Morgan fingerprint density at radius 3 is 2.71 bits per heavy atom. The smallest absolute Gasteiger partial charge is 0.407 e. The molecule has 1 atom stereocenters. The number of pyridine rings is 1. The molecule has 126 valence electrons. The molecule has 3 rings (SSSR count). The Labute approximate surface area is 145 Å². The van der Waals surface area contributed by atoms with Crippen molar-refractivity contribution in [1.82, 2.24) is 19.9 Å². The molecule has 1 aliphatic heterocycles. The second kappa shape index (κ2) is 6.02. The van der Waals surface area contributed by atoms with E-state index in [0.717, 1.165) is 11.3 Å². The van der Waals surface area contributed by atoms with E-state index in [1.807, 2.05) is 32.9 Å². The minimum atomic E-state index is -0.951. The number of carboxylic acid groups (broad SMARTS) is 1. The van der Waals surface area contributed by atoms with Gasteiger partial charge < -0.3 is 10.0 Å². The summed E-state index contributed by atoms with van der Waals surface area (Å²) in [4.78, 5) is 26.2. The van der Waals surface area contributed by atoms with Crippen LogP contribution in [0.3, 0.4) is 0 Å². The number of hydrogen-bond acceptors (Lipinski definition) is 4. The summed E-state index contributed by atoms with van der Waals surface area (Å²) >= 11 is 6.48. The molecular weight excluding hydrogens is 328 g/mol. The van der Waals surface area contributed by atoms with E-state index in [0.29, 0.717) is 29.5 Å². The van der Waals surface area contributed by atoms with E-state index in [1.54, 1.807) is 12.4 Å². The van der Waals surface area contributed by atoms with Crippen LogP contribution in [0.4, 0.5) is 4.79 Å². The zero-order valence-corrected chi connectivity index (χ0v) is 14.6. The Morgan fingerprint density at radius 1 is 1.38 bits per heavy atom. The van der Waals surface area contributed by atoms with Crippen LogP contribution in [0.5, 0.6) is 0 Å². The van der Waals surface area contributed by atoms with Gasteiger partial charge in [-0.25, -0.2) is 14.8 Å². The third kappa shape index (κ3) is 2.94. The SMILES string of the molecule is CC(C)(C)C1c2c(Cl)nc(-c3cccnc3)nc2CCN1C(=O)O. The highest BCUT2D eigenvalue weighted by atomic mass is 35.5. The van der Waals surface area contributed by atoms with Gasteiger partial charge in [-0.1, -0.05) is 32.4 Å². The zero-order chi connectivity index (χ0) is 17.5. The molecule has 1 N–H and O–H groups in total. The summed E-state index contributed by atoms with van der Waals surface area (Å²) in [6, 6.07) is 3.31. The summed E-state index contributed by atoms with van der Waals surface area (Å²) in [6.45, 7) is 6.38. The van der Waals surface area contributed by atoms with E-state index in [-0.39, 0.29) is 11.5 Å². The second-order valence-electron chi connectivity index (χ2n) is 6.93. The predicted octanol–water partition coefficient (Wildman–Crippen LogP) is 3.82. The lowest BCUT2D eigenvalue weighted by molar-refractivity contribution is 0.0750. The van der Waals surface area contributed by atoms with Crippen molar-refractivity contribution in [3.05, 3.63) is 40.9 Å². The third-order valence-corrected chi connectivity index (χ3v) is 4.43. The van der Waals surface area contributed by atoms with E-state index in [4.69, 9.17) is 11.6 Å². The summed E-state index contributed by atoms with van der Waals surface area (Å²) in [7, 11) is 0. The standard InChI is InChI=1S/C17H19ClN4O2/c1-17(2,3)13-12-11(6-8-22(13)16(23)24)20-15(21-14(12)18)10-5-4-7-19-9-10/h4-5,7,9,13H,6,8H2,1-3H3,(H,23,24). The number of amides is 1. The molecule has 6 nitrogen and oxygen atoms in total. The van der Waals surface area contributed by atoms with E-state index in [9.17, 15) is 9.90 Å². The quantitative estimate of drug-likeness (QED) is 0.794. The van der Waals surface area contributed by atoms with Crippen LogP contribution < -0.4 is 0 Å². The highest BCUT2D eigenvalue weighted by Crippen LogP contribution is 2.44. The Hall–Kier alpha value is -2.21. The molecule has 0 aliphatic carbocycles. The zero-order valence-electron chi connectivity index (χ0n) is 13.8. The molecular formula is C17H19ClN4O2. The van der Waals surface area contributed by atoms with Crippen molar-refractivity contribution in [1.29, 1.82) is 0 Å². The molecule has 1 amide bonds. The van der Waals surface area contributed by atoms with Gasteiger partial charge in [-0.05, 0) is 17.5 Å². The van der Waals surface area contributed by atoms with E-state index >= 15 is 0 Å². The number of fused-ring (bicyclic) bond motifs is 1. The molecule has 0 aromatic carbocycles. The maximum Gasteiger partial charge on any atom is 0.407 e. The number of hydrogen-bond donors (Lipinski definition) is 1. The number of nitrogens with zero attached hydrogens (tertiary/aromatic N) is 4. The van der Waals surface area contributed by atoms with Gasteiger partial charge in [-0.15, -0.1) is 0 Å². The van der Waals surface area contributed by atoms with Gasteiger partial charge in [-0.3, -0.25) is 4.98 Å². The maximum atomic E-state index is 11.7. The third-order valence-electron chi connectivity index (χ3n) is 4.14. The Bertz CT molecular complexity index is 774. The molecule has 1 aliphatic rings. The molecule has 0 fully saturated rings. The van der Waals surface area contributed by atoms with Crippen LogP contribution in [0.2, 0.25) is 5.15 Å². The normalized spacial score (nSPS) is 17.5. The summed E-state index contributed by atoms with van der Waals surface area (Å²) in [5.74, 6) is 0.517. The van der Waals surface area contributed by atoms with Crippen molar-refractivity contribution in [2.24, 2.45) is 5.41 Å². The first-order valence-corrected chi connectivity index (χ1v) is 8.13. The van der Waals surface area contributed by atoms with Crippen molar-refractivity contribution < 1.29 is 9.90 Å². The van der Waals surface area contributed by atoms with Crippen molar-refractivity contribution in [2.75, 3.05) is 6.54 Å². The van der Waals surface area contributed by atoms with Crippen LogP contribution in [-0.4, -0.2) is 37.6 Å². The molecule has 0 spiro atoms. The molecule has 7 heteroatoms. The number of aromatic nitrogens is 3. The van der Waals surface area contributed by atoms with Crippen molar-refractivity contribution in [3.63, 3.8) is 0 Å². The monoisotopic (exact) mass is 346 g/mol. The van der Waals surface area contributed by atoms with Crippen molar-refractivity contribution >= 4 is 17.7 Å². The summed E-state index contributed by atoms with van der Waals surface area (Å²) in [5, 5.41) is 9.86. The average molecular weight is 347 g/mol. The summed E-state index contributed by atoms with van der Waals surface area (Å²) < 4.78 is 0. The lowest BCUT2D eigenvalue weighted by Gasteiger charge is -2.42. The molecule has 0 saturated heterocycles. The lowest BCUT2D eigenvalue weighted by Crippen LogP contribution is -2.45. The molecule has 2 aromatic rings. The van der Waals surface area contributed by atoms with E-state index < -0.39 is 6.09 Å². The first-order chi connectivity index (χ1) is 11.3. The molecule has 2 aromatic heterocycles. The van der Waals surface area contributed by atoms with Crippen LogP contribution >= 0.6 is 11.6 Å². The van der Waals surface area contributed by atoms with E-state index in [1.165, 1.54) is 4.90 Å². The molecule has 1 unspecified atom stereocenters. The topological polar surface area (TPSA) is 79.2 Å². The van der Waals surface area contributed by atoms with Gasteiger partial charge >= 0.3 is 6.09 Å². The fraction of sp³-hybridized carbons (Fsp3) is 0.412. The van der Waals surface area contributed by atoms with Gasteiger partial charge in [0.25, 0.3) is 0 Å². The molecule has 0 bridgehead atoms.